The van der Waals surface area contributed by atoms with E-state index in [0.29, 0.717) is 24.1 Å². The van der Waals surface area contributed by atoms with Gasteiger partial charge in [0, 0.05) is 0 Å². The van der Waals surface area contributed by atoms with Crippen molar-refractivity contribution < 1.29 is 4.39 Å². The van der Waals surface area contributed by atoms with E-state index in [9.17, 15) is 4.39 Å². The van der Waals surface area contributed by atoms with Crippen LogP contribution in [-0.2, 0) is 0 Å². The van der Waals surface area contributed by atoms with Crippen molar-refractivity contribution in [3.63, 3.8) is 0 Å². The number of halogens is 1. The quantitative estimate of drug-likeness (QED) is 0.829. The number of nitrogens with zero attached hydrogens (tertiary/aromatic N) is 2. The Morgan fingerprint density at radius 1 is 1.44 bits per heavy atom. The summed E-state index contributed by atoms with van der Waals surface area (Å²) in [4.78, 5) is 5.98. The fraction of sp³-hybridized carbons (Fsp3) is 0.417. The molecular weight excluding hydrogens is 205 g/mol. The molecule has 0 amide bonds. The number of aliphatic imine (C=N–C) groups is 1. The summed E-state index contributed by atoms with van der Waals surface area (Å²) in [7, 11) is 0. The Balaban J connectivity index is 2.38. The van der Waals surface area contributed by atoms with Gasteiger partial charge in [-0.1, -0.05) is 26.0 Å². The molecule has 4 heteroatoms. The molecule has 2 N–H and O–H groups in total. The summed E-state index contributed by atoms with van der Waals surface area (Å²) in [5.74, 6) is 0.529. The Kier molecular flexibility index (Phi) is 2.81. The molecule has 0 radical (unpaired) electrons. The minimum absolute atomic E-state index is 0.150. The van der Waals surface area contributed by atoms with Crippen LogP contribution in [0.25, 0.3) is 0 Å². The van der Waals surface area contributed by atoms with Crippen LogP contribution >= 0.6 is 0 Å². The Morgan fingerprint density at radius 3 is 2.75 bits per heavy atom. The first-order valence-electron chi connectivity index (χ1n) is 5.45. The molecule has 0 spiro atoms. The number of nitrogens with two attached hydrogens (primary N) is 1. The third-order valence-corrected chi connectivity index (χ3v) is 2.90. The SMILES string of the molecule is CC(C)C1CN=C(N)N1c1ccccc1F. The van der Waals surface area contributed by atoms with Gasteiger partial charge < -0.3 is 10.6 Å². The van der Waals surface area contributed by atoms with E-state index < -0.39 is 0 Å². The number of guanidine groups is 1. The summed E-state index contributed by atoms with van der Waals surface area (Å²) in [5.41, 5.74) is 6.33. The Labute approximate surface area is 94.8 Å². The van der Waals surface area contributed by atoms with Crippen LogP contribution in [0.5, 0.6) is 0 Å². The fourth-order valence-corrected chi connectivity index (χ4v) is 1.97. The molecule has 3 nitrogen and oxygen atoms in total. The average Bonchev–Trinajstić information content (AvgIpc) is 2.61. The van der Waals surface area contributed by atoms with Crippen LogP contribution in [-0.4, -0.2) is 18.5 Å². The van der Waals surface area contributed by atoms with Crippen molar-refractivity contribution in [3.05, 3.63) is 30.1 Å². The zero-order valence-electron chi connectivity index (χ0n) is 9.52. The average molecular weight is 221 g/mol. The molecule has 1 aromatic carbocycles. The summed E-state index contributed by atoms with van der Waals surface area (Å²) < 4.78 is 13.7. The highest BCUT2D eigenvalue weighted by Gasteiger charge is 2.31. The zero-order chi connectivity index (χ0) is 11.7. The highest BCUT2D eigenvalue weighted by Crippen LogP contribution is 2.26. The summed E-state index contributed by atoms with van der Waals surface area (Å²) in [5, 5.41) is 0. The van der Waals surface area contributed by atoms with Crippen LogP contribution in [0.4, 0.5) is 10.1 Å². The first-order valence-corrected chi connectivity index (χ1v) is 5.45. The summed E-state index contributed by atoms with van der Waals surface area (Å²) in [6.45, 7) is 4.82. The molecule has 2 rings (SSSR count). The van der Waals surface area contributed by atoms with E-state index in [4.69, 9.17) is 5.73 Å². The number of anilines is 1. The van der Waals surface area contributed by atoms with Crippen molar-refractivity contribution >= 4 is 11.6 Å². The van der Waals surface area contributed by atoms with Gasteiger partial charge in [-0.25, -0.2) is 4.39 Å². The molecule has 0 aromatic heterocycles. The van der Waals surface area contributed by atoms with Gasteiger partial charge in [-0.15, -0.1) is 0 Å². The summed E-state index contributed by atoms with van der Waals surface area (Å²) in [6, 6.07) is 6.81. The minimum Gasteiger partial charge on any atom is -0.370 e. The molecule has 86 valence electrons. The lowest BCUT2D eigenvalue weighted by Crippen LogP contribution is -2.44. The molecule has 0 aliphatic carbocycles. The van der Waals surface area contributed by atoms with E-state index in [-0.39, 0.29) is 11.9 Å². The second-order valence-corrected chi connectivity index (χ2v) is 4.33. The molecular formula is C12H16FN3. The lowest BCUT2D eigenvalue weighted by Gasteiger charge is -2.29. The number of hydrogen-bond donors (Lipinski definition) is 1. The third kappa shape index (κ3) is 1.75. The second kappa shape index (κ2) is 4.12. The van der Waals surface area contributed by atoms with Gasteiger partial charge in [0.2, 0.25) is 0 Å². The Morgan fingerprint density at radius 2 is 2.12 bits per heavy atom. The first-order chi connectivity index (χ1) is 7.61. The van der Waals surface area contributed by atoms with Gasteiger partial charge in [-0.2, -0.15) is 0 Å². The first kappa shape index (κ1) is 10.9. The van der Waals surface area contributed by atoms with Gasteiger partial charge in [-0.3, -0.25) is 4.99 Å². The number of para-hydroxylation sites is 1. The molecule has 0 saturated carbocycles. The topological polar surface area (TPSA) is 41.6 Å². The predicted molar refractivity (Wildman–Crippen MR) is 64.0 cm³/mol. The van der Waals surface area contributed by atoms with Crippen molar-refractivity contribution in [2.45, 2.75) is 19.9 Å². The molecule has 0 bridgehead atoms. The van der Waals surface area contributed by atoms with Gasteiger partial charge in [0.25, 0.3) is 0 Å². The van der Waals surface area contributed by atoms with E-state index in [1.165, 1.54) is 6.07 Å². The number of benzene rings is 1. The van der Waals surface area contributed by atoms with Crippen molar-refractivity contribution in [2.75, 3.05) is 11.4 Å². The van der Waals surface area contributed by atoms with E-state index in [2.05, 4.69) is 18.8 Å². The van der Waals surface area contributed by atoms with E-state index in [1.54, 1.807) is 23.1 Å². The van der Waals surface area contributed by atoms with Crippen molar-refractivity contribution in [1.29, 1.82) is 0 Å². The largest absolute Gasteiger partial charge is 0.370 e. The molecule has 0 saturated heterocycles. The van der Waals surface area contributed by atoms with Crippen LogP contribution in [0.1, 0.15) is 13.8 Å². The van der Waals surface area contributed by atoms with E-state index in [0.717, 1.165) is 0 Å². The van der Waals surface area contributed by atoms with Crippen molar-refractivity contribution in [3.8, 4) is 0 Å². The van der Waals surface area contributed by atoms with Crippen LogP contribution in [0.3, 0.4) is 0 Å². The lowest BCUT2D eigenvalue weighted by atomic mass is 10.0. The van der Waals surface area contributed by atoms with Gasteiger partial charge >= 0.3 is 0 Å². The van der Waals surface area contributed by atoms with E-state index in [1.807, 2.05) is 0 Å². The monoisotopic (exact) mass is 221 g/mol. The molecule has 1 unspecified atom stereocenters. The van der Waals surface area contributed by atoms with Crippen LogP contribution in [0, 0.1) is 11.7 Å². The maximum Gasteiger partial charge on any atom is 0.196 e. The predicted octanol–water partition coefficient (Wildman–Crippen LogP) is 1.99. The van der Waals surface area contributed by atoms with Gasteiger partial charge in [0.1, 0.15) is 5.82 Å². The molecule has 16 heavy (non-hydrogen) atoms. The Hall–Kier alpha value is -1.58. The minimum atomic E-state index is -0.256. The lowest BCUT2D eigenvalue weighted by molar-refractivity contribution is 0.510. The molecule has 1 aromatic rings. The number of rotatable bonds is 2. The molecule has 1 atom stereocenters. The zero-order valence-corrected chi connectivity index (χ0v) is 9.52. The van der Waals surface area contributed by atoms with Gasteiger partial charge in [0.05, 0.1) is 18.3 Å². The highest BCUT2D eigenvalue weighted by molar-refractivity contribution is 5.97. The highest BCUT2D eigenvalue weighted by atomic mass is 19.1. The number of hydrogen-bond acceptors (Lipinski definition) is 3. The maximum absolute atomic E-state index is 13.7. The smallest absolute Gasteiger partial charge is 0.196 e. The standard InChI is InChI=1S/C12H16FN3/c1-8(2)11-7-15-12(14)16(11)10-6-4-3-5-9(10)13/h3-6,8,11H,7H2,1-2H3,(H2,14,15). The van der Waals surface area contributed by atoms with Gasteiger partial charge in [0.15, 0.2) is 5.96 Å². The maximum atomic E-state index is 13.7. The van der Waals surface area contributed by atoms with Crippen LogP contribution in [0.2, 0.25) is 0 Å². The van der Waals surface area contributed by atoms with Crippen LogP contribution < -0.4 is 10.6 Å². The third-order valence-electron chi connectivity index (χ3n) is 2.90. The fourth-order valence-electron chi connectivity index (χ4n) is 1.97. The molecule has 1 aliphatic rings. The normalized spacial score (nSPS) is 20.4. The molecule has 1 aliphatic heterocycles. The van der Waals surface area contributed by atoms with Crippen molar-refractivity contribution in [2.24, 2.45) is 16.6 Å². The summed E-state index contributed by atoms with van der Waals surface area (Å²) in [6.07, 6.45) is 0. The van der Waals surface area contributed by atoms with Crippen molar-refractivity contribution in [1.82, 2.24) is 0 Å². The molecule has 1 heterocycles. The van der Waals surface area contributed by atoms with Crippen LogP contribution in [0.15, 0.2) is 29.3 Å². The summed E-state index contributed by atoms with van der Waals surface area (Å²) >= 11 is 0. The Bertz CT molecular complexity index is 414. The molecule has 0 fully saturated rings. The second-order valence-electron chi connectivity index (χ2n) is 4.33. The van der Waals surface area contributed by atoms with Gasteiger partial charge in [-0.05, 0) is 18.1 Å². The van der Waals surface area contributed by atoms with E-state index >= 15 is 0 Å².